The summed E-state index contributed by atoms with van der Waals surface area (Å²) >= 11 is 0. The lowest BCUT2D eigenvalue weighted by Crippen LogP contribution is -2.22. The summed E-state index contributed by atoms with van der Waals surface area (Å²) in [4.78, 5) is 24.8. The van der Waals surface area contributed by atoms with Crippen LogP contribution >= 0.6 is 0 Å². The summed E-state index contributed by atoms with van der Waals surface area (Å²) in [5.74, 6) is 0.137. The smallest absolute Gasteiger partial charge is 0.300 e. The van der Waals surface area contributed by atoms with Crippen molar-refractivity contribution < 1.29 is 9.18 Å². The lowest BCUT2D eigenvalue weighted by atomic mass is 10.2. The van der Waals surface area contributed by atoms with Crippen molar-refractivity contribution in [3.8, 4) is 5.69 Å². The monoisotopic (exact) mass is 405 g/mol. The maximum absolute atomic E-state index is 13.5. The number of fused-ring (bicyclic) bond motifs is 1. The number of carbonyl (C=O) groups excluding carboxylic acids is 1. The predicted octanol–water partition coefficient (Wildman–Crippen LogP) is 2.66. The van der Waals surface area contributed by atoms with Crippen LogP contribution < -0.4 is 10.9 Å². The van der Waals surface area contributed by atoms with Crippen molar-refractivity contribution in [3.63, 3.8) is 0 Å². The minimum atomic E-state index is -0.424. The van der Waals surface area contributed by atoms with Gasteiger partial charge in [-0.25, -0.2) is 4.39 Å². The van der Waals surface area contributed by atoms with Gasteiger partial charge in [0.05, 0.1) is 5.69 Å². The fourth-order valence-corrected chi connectivity index (χ4v) is 3.23. The zero-order chi connectivity index (χ0) is 20.9. The van der Waals surface area contributed by atoms with E-state index in [4.69, 9.17) is 0 Å². The van der Waals surface area contributed by atoms with Crippen LogP contribution in [0.5, 0.6) is 0 Å². The number of rotatable bonds is 7. The summed E-state index contributed by atoms with van der Waals surface area (Å²) in [6.07, 6.45) is 4.66. The van der Waals surface area contributed by atoms with Crippen LogP contribution in [0, 0.1) is 5.82 Å². The molecule has 2 aromatic heterocycles. The second-order valence-electron chi connectivity index (χ2n) is 6.88. The summed E-state index contributed by atoms with van der Waals surface area (Å²) in [6, 6.07) is 15.5. The SMILES string of the molecule is O=C(CCCc1nnc2c(=O)n(-c3cccc(F)c3)ccn12)NCc1ccccc1. The Labute approximate surface area is 171 Å². The van der Waals surface area contributed by atoms with E-state index in [0.717, 1.165) is 5.56 Å². The number of amides is 1. The van der Waals surface area contributed by atoms with Crippen molar-refractivity contribution in [2.24, 2.45) is 0 Å². The molecule has 0 bridgehead atoms. The van der Waals surface area contributed by atoms with Crippen molar-refractivity contribution in [2.45, 2.75) is 25.8 Å². The lowest BCUT2D eigenvalue weighted by molar-refractivity contribution is -0.121. The molecule has 0 saturated heterocycles. The molecule has 4 rings (SSSR count). The molecule has 7 nitrogen and oxygen atoms in total. The van der Waals surface area contributed by atoms with Gasteiger partial charge in [-0.3, -0.25) is 18.6 Å². The molecule has 30 heavy (non-hydrogen) atoms. The minimum absolute atomic E-state index is 0.0406. The number of carbonyl (C=O) groups is 1. The average Bonchev–Trinajstić information content (AvgIpc) is 3.17. The van der Waals surface area contributed by atoms with Crippen LogP contribution in [0.1, 0.15) is 24.2 Å². The molecule has 4 aromatic rings. The van der Waals surface area contributed by atoms with E-state index in [9.17, 15) is 14.0 Å². The Kier molecular flexibility index (Phi) is 5.65. The standard InChI is InChI=1S/C22H20FN5O2/c23-17-8-4-9-18(14-17)27-12-13-28-19(25-26-21(28)22(27)30)10-5-11-20(29)24-15-16-6-2-1-3-7-16/h1-4,6-9,12-14H,5,10-11,15H2,(H,24,29). The fourth-order valence-electron chi connectivity index (χ4n) is 3.23. The van der Waals surface area contributed by atoms with Gasteiger partial charge in [0.1, 0.15) is 11.6 Å². The average molecular weight is 405 g/mol. The molecule has 0 aliphatic heterocycles. The molecule has 2 heterocycles. The van der Waals surface area contributed by atoms with Crippen LogP contribution in [0.15, 0.2) is 71.8 Å². The third-order valence-corrected chi connectivity index (χ3v) is 4.76. The highest BCUT2D eigenvalue weighted by atomic mass is 19.1. The predicted molar refractivity (Wildman–Crippen MR) is 110 cm³/mol. The van der Waals surface area contributed by atoms with E-state index in [1.807, 2.05) is 30.3 Å². The molecule has 0 spiro atoms. The third kappa shape index (κ3) is 4.27. The number of hydrogen-bond donors (Lipinski definition) is 1. The zero-order valence-corrected chi connectivity index (χ0v) is 16.2. The highest BCUT2D eigenvalue weighted by Crippen LogP contribution is 2.10. The van der Waals surface area contributed by atoms with E-state index >= 15 is 0 Å². The van der Waals surface area contributed by atoms with E-state index in [-0.39, 0.29) is 17.1 Å². The Morgan fingerprint density at radius 1 is 1.03 bits per heavy atom. The number of aryl methyl sites for hydroxylation is 1. The molecule has 0 aliphatic rings. The third-order valence-electron chi connectivity index (χ3n) is 4.76. The number of aromatic nitrogens is 4. The summed E-state index contributed by atoms with van der Waals surface area (Å²) < 4.78 is 16.4. The summed E-state index contributed by atoms with van der Waals surface area (Å²) in [5.41, 5.74) is 1.23. The Balaban J connectivity index is 1.40. The Bertz CT molecular complexity index is 1230. The fraction of sp³-hybridized carbons (Fsp3) is 0.182. The molecule has 0 radical (unpaired) electrons. The minimum Gasteiger partial charge on any atom is -0.352 e. The second kappa shape index (κ2) is 8.69. The van der Waals surface area contributed by atoms with Gasteiger partial charge in [0.15, 0.2) is 0 Å². The second-order valence-corrected chi connectivity index (χ2v) is 6.88. The van der Waals surface area contributed by atoms with Gasteiger partial charge in [0.2, 0.25) is 11.6 Å². The summed E-state index contributed by atoms with van der Waals surface area (Å²) in [7, 11) is 0. The first-order valence-electron chi connectivity index (χ1n) is 9.63. The molecule has 0 saturated carbocycles. The van der Waals surface area contributed by atoms with Crippen molar-refractivity contribution in [1.29, 1.82) is 0 Å². The van der Waals surface area contributed by atoms with Gasteiger partial charge < -0.3 is 5.32 Å². The van der Waals surface area contributed by atoms with E-state index in [0.29, 0.717) is 37.3 Å². The molecule has 2 aromatic carbocycles. The molecule has 1 N–H and O–H groups in total. The molecule has 0 fully saturated rings. The van der Waals surface area contributed by atoms with Gasteiger partial charge >= 0.3 is 5.56 Å². The van der Waals surface area contributed by atoms with Gasteiger partial charge in [-0.15, -0.1) is 10.2 Å². The molecular weight excluding hydrogens is 385 g/mol. The molecule has 0 aliphatic carbocycles. The number of halogens is 1. The number of nitrogens with zero attached hydrogens (tertiary/aromatic N) is 4. The first kappa shape index (κ1) is 19.5. The topological polar surface area (TPSA) is 81.3 Å². The van der Waals surface area contributed by atoms with E-state index in [2.05, 4.69) is 15.5 Å². The van der Waals surface area contributed by atoms with E-state index in [1.54, 1.807) is 28.9 Å². The molecular formula is C22H20FN5O2. The van der Waals surface area contributed by atoms with Gasteiger partial charge in [-0.05, 0) is 30.2 Å². The summed E-state index contributed by atoms with van der Waals surface area (Å²) in [6.45, 7) is 0.493. The van der Waals surface area contributed by atoms with Crippen molar-refractivity contribution >= 4 is 11.6 Å². The van der Waals surface area contributed by atoms with Crippen LogP contribution in [-0.2, 0) is 17.8 Å². The van der Waals surface area contributed by atoms with Crippen LogP contribution in [0.25, 0.3) is 11.3 Å². The first-order valence-corrected chi connectivity index (χ1v) is 9.63. The Morgan fingerprint density at radius 2 is 1.87 bits per heavy atom. The van der Waals surface area contributed by atoms with Crippen LogP contribution in [0.3, 0.4) is 0 Å². The number of nitrogens with one attached hydrogen (secondary N) is 1. The maximum atomic E-state index is 13.5. The van der Waals surface area contributed by atoms with Gasteiger partial charge in [-0.2, -0.15) is 0 Å². The number of hydrogen-bond acceptors (Lipinski definition) is 4. The van der Waals surface area contributed by atoms with Crippen molar-refractivity contribution in [3.05, 3.63) is 94.5 Å². The normalized spacial score (nSPS) is 11.0. The lowest BCUT2D eigenvalue weighted by Gasteiger charge is -2.07. The molecule has 152 valence electrons. The zero-order valence-electron chi connectivity index (χ0n) is 16.2. The quantitative estimate of drug-likeness (QED) is 0.513. The van der Waals surface area contributed by atoms with E-state index in [1.165, 1.54) is 16.7 Å². The van der Waals surface area contributed by atoms with Crippen LogP contribution in [0.4, 0.5) is 4.39 Å². The summed E-state index contributed by atoms with van der Waals surface area (Å²) in [5, 5.41) is 11.0. The Morgan fingerprint density at radius 3 is 2.67 bits per heavy atom. The highest BCUT2D eigenvalue weighted by molar-refractivity contribution is 5.75. The first-order chi connectivity index (χ1) is 14.6. The van der Waals surface area contributed by atoms with E-state index < -0.39 is 5.82 Å². The Hall–Kier alpha value is -3.81. The maximum Gasteiger partial charge on any atom is 0.300 e. The number of benzene rings is 2. The van der Waals surface area contributed by atoms with Gasteiger partial charge in [-0.1, -0.05) is 36.4 Å². The van der Waals surface area contributed by atoms with Crippen LogP contribution in [0.2, 0.25) is 0 Å². The highest BCUT2D eigenvalue weighted by Gasteiger charge is 2.12. The molecule has 8 heteroatoms. The van der Waals surface area contributed by atoms with Gasteiger partial charge in [0.25, 0.3) is 0 Å². The molecule has 1 amide bonds. The largest absolute Gasteiger partial charge is 0.352 e. The van der Waals surface area contributed by atoms with Gasteiger partial charge in [0, 0.05) is 31.8 Å². The van der Waals surface area contributed by atoms with Crippen molar-refractivity contribution in [2.75, 3.05) is 0 Å². The van der Waals surface area contributed by atoms with Crippen LogP contribution in [-0.4, -0.2) is 25.1 Å². The molecule has 0 atom stereocenters. The van der Waals surface area contributed by atoms with Crippen molar-refractivity contribution in [1.82, 2.24) is 24.5 Å². The molecule has 0 unspecified atom stereocenters.